The molecule has 3 aromatic rings. The summed E-state index contributed by atoms with van der Waals surface area (Å²) >= 11 is 1.21. The number of thiazole rings is 1. The molecule has 0 atom stereocenters. The number of hydrogen-bond donors (Lipinski definition) is 2. The lowest BCUT2D eigenvalue weighted by molar-refractivity contribution is -0.274. The Morgan fingerprint density at radius 1 is 1.15 bits per heavy atom. The molecule has 0 aliphatic carbocycles. The van der Waals surface area contributed by atoms with Gasteiger partial charge in [0, 0.05) is 23.7 Å². The number of ether oxygens (including phenoxy) is 1. The number of para-hydroxylation sites is 1. The Balaban J connectivity index is 1.62. The molecule has 0 radical (unpaired) electrons. The summed E-state index contributed by atoms with van der Waals surface area (Å²) < 4.78 is 41.3. The van der Waals surface area contributed by atoms with Crippen LogP contribution >= 0.6 is 11.3 Å². The average Bonchev–Trinajstić information content (AvgIpc) is 3.09. The molecule has 0 saturated carbocycles. The molecule has 1 amide bonds. The molecule has 2 N–H and O–H groups in total. The van der Waals surface area contributed by atoms with Gasteiger partial charge in [0.05, 0.1) is 0 Å². The van der Waals surface area contributed by atoms with Gasteiger partial charge in [-0.2, -0.15) is 0 Å². The molecule has 6 nitrogen and oxygen atoms in total. The quantitative estimate of drug-likeness (QED) is 0.658. The molecule has 10 heteroatoms. The van der Waals surface area contributed by atoms with Crippen molar-refractivity contribution in [2.45, 2.75) is 12.9 Å². The number of halogens is 3. The maximum absolute atomic E-state index is 12.4. The molecule has 0 aliphatic heterocycles. The molecule has 0 aliphatic rings. The van der Waals surface area contributed by atoms with E-state index in [4.69, 9.17) is 0 Å². The van der Waals surface area contributed by atoms with Crippen molar-refractivity contribution >= 4 is 28.2 Å². The molecule has 27 heavy (non-hydrogen) atoms. The van der Waals surface area contributed by atoms with Crippen molar-refractivity contribution in [3.63, 3.8) is 0 Å². The smallest absolute Gasteiger partial charge is 0.405 e. The minimum absolute atomic E-state index is 0.133. The number of rotatable bonds is 6. The van der Waals surface area contributed by atoms with Crippen LogP contribution in [0.15, 0.2) is 54.0 Å². The van der Waals surface area contributed by atoms with Crippen LogP contribution in [0, 0.1) is 0 Å². The van der Waals surface area contributed by atoms with Gasteiger partial charge in [-0.3, -0.25) is 4.79 Å². The molecule has 3 rings (SSSR count). The predicted molar refractivity (Wildman–Crippen MR) is 93.9 cm³/mol. The van der Waals surface area contributed by atoms with Gasteiger partial charge in [-0.05, 0) is 18.2 Å². The van der Waals surface area contributed by atoms with Gasteiger partial charge in [0.2, 0.25) is 0 Å². The summed E-state index contributed by atoms with van der Waals surface area (Å²) in [5.74, 6) is -0.291. The molecule has 0 unspecified atom stereocenters. The topological polar surface area (TPSA) is 76.1 Å². The van der Waals surface area contributed by atoms with E-state index in [1.807, 2.05) is 0 Å². The van der Waals surface area contributed by atoms with E-state index in [-0.39, 0.29) is 23.6 Å². The van der Waals surface area contributed by atoms with Crippen LogP contribution in [0.2, 0.25) is 0 Å². The van der Waals surface area contributed by atoms with Crippen molar-refractivity contribution in [3.05, 3.63) is 65.3 Å². The van der Waals surface area contributed by atoms with E-state index < -0.39 is 12.3 Å². The summed E-state index contributed by atoms with van der Waals surface area (Å²) in [5, 5.41) is 7.50. The molecule has 140 valence electrons. The highest BCUT2D eigenvalue weighted by atomic mass is 32.1. The Hall–Kier alpha value is -3.14. The second kappa shape index (κ2) is 8.04. The maximum Gasteiger partial charge on any atom is 0.573 e. The first-order valence-electron chi connectivity index (χ1n) is 7.66. The van der Waals surface area contributed by atoms with E-state index >= 15 is 0 Å². The maximum atomic E-state index is 12.4. The van der Waals surface area contributed by atoms with Crippen LogP contribution in [-0.4, -0.2) is 22.2 Å². The fraction of sp³-hybridized carbons (Fsp3) is 0.118. The van der Waals surface area contributed by atoms with Gasteiger partial charge in [0.25, 0.3) is 5.91 Å². The fourth-order valence-corrected chi connectivity index (χ4v) is 2.82. The molecule has 2 heterocycles. The van der Waals surface area contributed by atoms with Gasteiger partial charge in [0.15, 0.2) is 5.13 Å². The zero-order valence-electron chi connectivity index (χ0n) is 13.7. The highest BCUT2D eigenvalue weighted by Gasteiger charge is 2.32. The van der Waals surface area contributed by atoms with Gasteiger partial charge in [-0.1, -0.05) is 24.3 Å². The summed E-state index contributed by atoms with van der Waals surface area (Å²) in [5.41, 5.74) is 0.345. The van der Waals surface area contributed by atoms with Crippen molar-refractivity contribution in [2.24, 2.45) is 0 Å². The van der Waals surface area contributed by atoms with E-state index in [1.54, 1.807) is 35.8 Å². The molecule has 0 bridgehead atoms. The Bertz CT molecular complexity index is 916. The van der Waals surface area contributed by atoms with E-state index in [0.717, 1.165) is 0 Å². The van der Waals surface area contributed by atoms with Gasteiger partial charge in [-0.25, -0.2) is 9.97 Å². The average molecular weight is 394 g/mol. The number of carbonyl (C=O) groups excluding carboxylic acids is 1. The largest absolute Gasteiger partial charge is 0.573 e. The Morgan fingerprint density at radius 3 is 2.67 bits per heavy atom. The lowest BCUT2D eigenvalue weighted by atomic mass is 10.2. The fourth-order valence-electron chi connectivity index (χ4n) is 2.12. The van der Waals surface area contributed by atoms with Crippen LogP contribution in [0.5, 0.6) is 5.75 Å². The third-order valence-electron chi connectivity index (χ3n) is 3.27. The number of nitrogens with zero attached hydrogens (tertiary/aromatic N) is 2. The standard InChI is InChI=1S/C17H13F3N4O2S/c18-17(19,20)26-13-6-2-1-5-11(13)9-22-15(25)12-10-27-16(23-12)24-14-7-3-4-8-21-14/h1-8,10H,9H2,(H,22,25)(H,21,23,24). The SMILES string of the molecule is O=C(NCc1ccccc1OC(F)(F)F)c1csc(Nc2ccccn2)n1. The first-order valence-corrected chi connectivity index (χ1v) is 8.54. The molecule has 2 aromatic heterocycles. The van der Waals surface area contributed by atoms with Crippen LogP contribution in [-0.2, 0) is 6.54 Å². The Kier molecular flexibility index (Phi) is 5.55. The van der Waals surface area contributed by atoms with Crippen molar-refractivity contribution in [1.29, 1.82) is 0 Å². The lowest BCUT2D eigenvalue weighted by Gasteiger charge is -2.13. The number of hydrogen-bond acceptors (Lipinski definition) is 6. The third kappa shape index (κ3) is 5.42. The van der Waals surface area contributed by atoms with Crippen molar-refractivity contribution in [2.75, 3.05) is 5.32 Å². The van der Waals surface area contributed by atoms with Crippen molar-refractivity contribution in [1.82, 2.24) is 15.3 Å². The number of nitrogens with one attached hydrogen (secondary N) is 2. The summed E-state index contributed by atoms with van der Waals surface area (Å²) in [6.07, 6.45) is -3.19. The van der Waals surface area contributed by atoms with Crippen LogP contribution in [0.25, 0.3) is 0 Å². The van der Waals surface area contributed by atoms with E-state index in [1.165, 1.54) is 29.5 Å². The lowest BCUT2D eigenvalue weighted by Crippen LogP contribution is -2.24. The second-order valence-corrected chi connectivity index (χ2v) is 6.07. The van der Waals surface area contributed by atoms with Gasteiger partial charge in [0.1, 0.15) is 17.3 Å². The Morgan fingerprint density at radius 2 is 1.93 bits per heavy atom. The van der Waals surface area contributed by atoms with Crippen LogP contribution in [0.4, 0.5) is 24.1 Å². The molecule has 0 saturated heterocycles. The monoisotopic (exact) mass is 394 g/mol. The van der Waals surface area contributed by atoms with E-state index in [2.05, 4.69) is 25.3 Å². The summed E-state index contributed by atoms with van der Waals surface area (Å²) in [7, 11) is 0. The van der Waals surface area contributed by atoms with E-state index in [0.29, 0.717) is 10.9 Å². The third-order valence-corrected chi connectivity index (χ3v) is 4.03. The van der Waals surface area contributed by atoms with Crippen LogP contribution in [0.1, 0.15) is 16.1 Å². The number of aromatic nitrogens is 2. The first-order chi connectivity index (χ1) is 12.9. The number of anilines is 2. The summed E-state index contributed by atoms with van der Waals surface area (Å²) in [4.78, 5) is 20.4. The van der Waals surface area contributed by atoms with Crippen molar-refractivity contribution < 1.29 is 22.7 Å². The van der Waals surface area contributed by atoms with E-state index in [9.17, 15) is 18.0 Å². The first kappa shape index (κ1) is 18.6. The highest BCUT2D eigenvalue weighted by molar-refractivity contribution is 7.14. The number of benzene rings is 1. The van der Waals surface area contributed by atoms with Gasteiger partial charge < -0.3 is 15.4 Å². The number of pyridine rings is 1. The second-order valence-electron chi connectivity index (χ2n) is 5.22. The summed E-state index contributed by atoms with van der Waals surface area (Å²) in [6, 6.07) is 10.9. The highest BCUT2D eigenvalue weighted by Crippen LogP contribution is 2.26. The summed E-state index contributed by atoms with van der Waals surface area (Å²) in [6.45, 7) is -0.133. The molecule has 0 spiro atoms. The number of carbonyl (C=O) groups is 1. The van der Waals surface area contributed by atoms with Gasteiger partial charge in [-0.15, -0.1) is 24.5 Å². The molecular formula is C17H13F3N4O2S. The molecular weight excluding hydrogens is 381 g/mol. The number of amides is 1. The predicted octanol–water partition coefficient (Wildman–Crippen LogP) is 4.11. The normalized spacial score (nSPS) is 11.1. The van der Waals surface area contributed by atoms with Crippen LogP contribution in [0.3, 0.4) is 0 Å². The zero-order valence-corrected chi connectivity index (χ0v) is 14.5. The number of alkyl halides is 3. The Labute approximate surface area is 156 Å². The minimum Gasteiger partial charge on any atom is -0.405 e. The minimum atomic E-state index is -4.80. The molecule has 1 aromatic carbocycles. The van der Waals surface area contributed by atoms with Gasteiger partial charge >= 0.3 is 6.36 Å². The zero-order chi connectivity index (χ0) is 19.3. The van der Waals surface area contributed by atoms with Crippen molar-refractivity contribution in [3.8, 4) is 5.75 Å². The molecule has 0 fully saturated rings. The van der Waals surface area contributed by atoms with Crippen LogP contribution < -0.4 is 15.4 Å².